The Morgan fingerprint density at radius 3 is 2.38 bits per heavy atom. The first-order valence-electron chi connectivity index (χ1n) is 6.94. The maximum Gasteiger partial charge on any atom is 0.272 e. The average Bonchev–Trinajstić information content (AvgIpc) is 2.52. The van der Waals surface area contributed by atoms with Crippen LogP contribution in [0.1, 0.15) is 5.56 Å². The number of nitrogens with two attached hydrogens (primary N) is 1. The number of nitro benzene ring substituents is 1. The molecule has 24 heavy (non-hydrogen) atoms. The number of benzene rings is 2. The highest BCUT2D eigenvalue weighted by molar-refractivity contribution is 9.10. The second kappa shape index (κ2) is 7.29. The van der Waals surface area contributed by atoms with Crippen molar-refractivity contribution in [2.75, 3.05) is 18.5 Å². The van der Waals surface area contributed by atoms with Crippen LogP contribution in [0.25, 0.3) is 0 Å². The van der Waals surface area contributed by atoms with E-state index in [1.54, 1.807) is 11.9 Å². The van der Waals surface area contributed by atoms with Gasteiger partial charge in [-0.05, 0) is 30.2 Å². The first-order chi connectivity index (χ1) is 11.2. The second-order valence-electron chi connectivity index (χ2n) is 5.29. The van der Waals surface area contributed by atoms with Crippen LogP contribution in [0, 0.1) is 10.1 Å². The smallest absolute Gasteiger partial charge is 0.272 e. The van der Waals surface area contributed by atoms with Crippen molar-refractivity contribution >= 4 is 37.3 Å². The van der Waals surface area contributed by atoms with E-state index in [1.165, 1.54) is 12.1 Å². The minimum Gasteiger partial charge on any atom is -0.374 e. The standard InChI is InChI=1S/C15H16BrN3O4S/c1-18(7-6-11-2-4-12(16)5-3-11)13-8-14(19(20)21)10-15(9-13)24(17,22)23/h2-5,8-10H,6-7H2,1H3,(H2,17,22,23). The molecule has 0 saturated heterocycles. The summed E-state index contributed by atoms with van der Waals surface area (Å²) in [6.45, 7) is 0.562. The van der Waals surface area contributed by atoms with Crippen molar-refractivity contribution in [3.8, 4) is 0 Å². The first-order valence-corrected chi connectivity index (χ1v) is 9.28. The Bertz CT molecular complexity index is 854. The van der Waals surface area contributed by atoms with Crippen LogP contribution in [0.4, 0.5) is 11.4 Å². The van der Waals surface area contributed by atoms with Crippen molar-refractivity contribution in [2.24, 2.45) is 5.14 Å². The lowest BCUT2D eigenvalue weighted by atomic mass is 10.1. The molecule has 0 aromatic heterocycles. The fourth-order valence-corrected chi connectivity index (χ4v) is 2.97. The molecule has 2 N–H and O–H groups in total. The molecule has 7 nitrogen and oxygen atoms in total. The zero-order valence-corrected chi connectivity index (χ0v) is 15.2. The second-order valence-corrected chi connectivity index (χ2v) is 7.76. The van der Waals surface area contributed by atoms with Crippen molar-refractivity contribution in [2.45, 2.75) is 11.3 Å². The molecule has 0 aliphatic carbocycles. The van der Waals surface area contributed by atoms with E-state index in [0.29, 0.717) is 18.7 Å². The van der Waals surface area contributed by atoms with E-state index >= 15 is 0 Å². The van der Waals surface area contributed by atoms with Crippen molar-refractivity contribution in [3.05, 3.63) is 62.6 Å². The van der Waals surface area contributed by atoms with Crippen LogP contribution in [0.2, 0.25) is 0 Å². The summed E-state index contributed by atoms with van der Waals surface area (Å²) in [4.78, 5) is 11.9. The Labute approximate surface area is 148 Å². The highest BCUT2D eigenvalue weighted by Crippen LogP contribution is 2.25. The molecule has 128 valence electrons. The summed E-state index contributed by atoms with van der Waals surface area (Å²) in [6, 6.07) is 11.4. The van der Waals surface area contributed by atoms with Gasteiger partial charge < -0.3 is 4.90 Å². The number of likely N-dealkylation sites (N-methyl/N-ethyl adjacent to an activating group) is 1. The lowest BCUT2D eigenvalue weighted by molar-refractivity contribution is -0.385. The van der Waals surface area contributed by atoms with E-state index in [4.69, 9.17) is 5.14 Å². The Hall–Kier alpha value is -1.97. The molecule has 0 aliphatic heterocycles. The highest BCUT2D eigenvalue weighted by atomic mass is 79.9. The van der Waals surface area contributed by atoms with E-state index < -0.39 is 14.9 Å². The maximum absolute atomic E-state index is 11.5. The van der Waals surface area contributed by atoms with Gasteiger partial charge in [-0.25, -0.2) is 13.6 Å². The number of non-ortho nitro benzene ring substituents is 1. The van der Waals surface area contributed by atoms with Gasteiger partial charge in [-0.2, -0.15) is 0 Å². The van der Waals surface area contributed by atoms with E-state index in [2.05, 4.69) is 15.9 Å². The van der Waals surface area contributed by atoms with Gasteiger partial charge in [-0.15, -0.1) is 0 Å². The number of sulfonamides is 1. The van der Waals surface area contributed by atoms with Gasteiger partial charge in [0, 0.05) is 35.9 Å². The predicted octanol–water partition coefficient (Wildman–Crippen LogP) is 2.68. The molecule has 0 saturated carbocycles. The zero-order chi connectivity index (χ0) is 17.9. The van der Waals surface area contributed by atoms with Gasteiger partial charge in [0.2, 0.25) is 10.0 Å². The molecule has 2 rings (SSSR count). The van der Waals surface area contributed by atoms with Crippen LogP contribution in [0.5, 0.6) is 0 Å². The summed E-state index contributed by atoms with van der Waals surface area (Å²) in [5, 5.41) is 16.1. The molecule has 0 radical (unpaired) electrons. The van der Waals surface area contributed by atoms with Crippen LogP contribution < -0.4 is 10.0 Å². The summed E-state index contributed by atoms with van der Waals surface area (Å²) in [6.07, 6.45) is 0.706. The number of hydrogen-bond donors (Lipinski definition) is 1. The Balaban J connectivity index is 2.24. The summed E-state index contributed by atoms with van der Waals surface area (Å²) in [7, 11) is -2.28. The van der Waals surface area contributed by atoms with E-state index in [0.717, 1.165) is 16.1 Å². The molecule has 0 fully saturated rings. The molecular weight excluding hydrogens is 398 g/mol. The fraction of sp³-hybridized carbons (Fsp3) is 0.200. The van der Waals surface area contributed by atoms with Gasteiger partial charge in [0.25, 0.3) is 5.69 Å². The van der Waals surface area contributed by atoms with Crippen molar-refractivity contribution in [1.82, 2.24) is 0 Å². The third-order valence-corrected chi connectivity index (χ3v) is 4.93. The minimum atomic E-state index is -4.02. The average molecular weight is 414 g/mol. The van der Waals surface area contributed by atoms with E-state index in [1.807, 2.05) is 24.3 Å². The molecule has 0 amide bonds. The molecule has 0 unspecified atom stereocenters. The van der Waals surface area contributed by atoms with Gasteiger partial charge in [-0.1, -0.05) is 28.1 Å². The highest BCUT2D eigenvalue weighted by Gasteiger charge is 2.18. The molecule has 9 heteroatoms. The molecule has 2 aromatic carbocycles. The maximum atomic E-state index is 11.5. The third kappa shape index (κ3) is 4.76. The molecule has 0 atom stereocenters. The summed E-state index contributed by atoms with van der Waals surface area (Å²) < 4.78 is 24.0. The lowest BCUT2D eigenvalue weighted by Crippen LogP contribution is -2.21. The molecule has 2 aromatic rings. The number of anilines is 1. The van der Waals surface area contributed by atoms with Gasteiger partial charge in [0.15, 0.2) is 0 Å². The Kier molecular flexibility index (Phi) is 5.58. The largest absolute Gasteiger partial charge is 0.374 e. The van der Waals surface area contributed by atoms with Gasteiger partial charge in [0.1, 0.15) is 0 Å². The number of primary sulfonamides is 1. The van der Waals surface area contributed by atoms with Crippen LogP contribution in [0.15, 0.2) is 51.8 Å². The van der Waals surface area contributed by atoms with Crippen LogP contribution in [0.3, 0.4) is 0 Å². The number of nitro groups is 1. The molecule has 0 spiro atoms. The van der Waals surface area contributed by atoms with Gasteiger partial charge >= 0.3 is 0 Å². The van der Waals surface area contributed by atoms with Crippen molar-refractivity contribution in [1.29, 1.82) is 0 Å². The summed E-state index contributed by atoms with van der Waals surface area (Å²) in [5.74, 6) is 0. The monoisotopic (exact) mass is 413 g/mol. The van der Waals surface area contributed by atoms with E-state index in [9.17, 15) is 18.5 Å². The topological polar surface area (TPSA) is 107 Å². The third-order valence-electron chi connectivity index (χ3n) is 3.51. The lowest BCUT2D eigenvalue weighted by Gasteiger charge is -2.20. The fourth-order valence-electron chi connectivity index (χ4n) is 2.14. The molecule has 0 bridgehead atoms. The van der Waals surface area contributed by atoms with Crippen molar-refractivity contribution < 1.29 is 13.3 Å². The summed E-state index contributed by atoms with van der Waals surface area (Å²) in [5.41, 5.74) is 1.21. The molecular formula is C15H16BrN3O4S. The van der Waals surface area contributed by atoms with Crippen LogP contribution >= 0.6 is 15.9 Å². The SMILES string of the molecule is CN(CCc1ccc(Br)cc1)c1cc([N+](=O)[O-])cc(S(N)(=O)=O)c1. The number of nitrogens with zero attached hydrogens (tertiary/aromatic N) is 2. The summed E-state index contributed by atoms with van der Waals surface area (Å²) >= 11 is 3.37. The molecule has 0 aliphatic rings. The number of hydrogen-bond acceptors (Lipinski definition) is 5. The normalized spacial score (nSPS) is 11.3. The molecule has 0 heterocycles. The Morgan fingerprint density at radius 2 is 1.83 bits per heavy atom. The predicted molar refractivity (Wildman–Crippen MR) is 95.6 cm³/mol. The first kappa shape index (κ1) is 18.4. The quantitative estimate of drug-likeness (QED) is 0.578. The van der Waals surface area contributed by atoms with Crippen LogP contribution in [-0.4, -0.2) is 26.9 Å². The minimum absolute atomic E-state index is 0.276. The van der Waals surface area contributed by atoms with Crippen molar-refractivity contribution in [3.63, 3.8) is 0 Å². The number of rotatable bonds is 6. The van der Waals surface area contributed by atoms with Crippen LogP contribution in [-0.2, 0) is 16.4 Å². The van der Waals surface area contributed by atoms with Gasteiger partial charge in [-0.3, -0.25) is 10.1 Å². The van der Waals surface area contributed by atoms with Gasteiger partial charge in [0.05, 0.1) is 9.82 Å². The Morgan fingerprint density at radius 1 is 1.21 bits per heavy atom. The van der Waals surface area contributed by atoms with E-state index in [-0.39, 0.29) is 10.6 Å². The zero-order valence-electron chi connectivity index (χ0n) is 12.8. The number of halogens is 1.